The summed E-state index contributed by atoms with van der Waals surface area (Å²) < 4.78 is 12.7. The molecule has 0 saturated carbocycles. The van der Waals surface area contributed by atoms with E-state index in [4.69, 9.17) is 9.47 Å². The van der Waals surface area contributed by atoms with Crippen molar-refractivity contribution in [1.82, 2.24) is 10.2 Å². The molecular formula is C20H22Br2N2O3. The van der Waals surface area contributed by atoms with Gasteiger partial charge in [-0.3, -0.25) is 9.69 Å². The summed E-state index contributed by atoms with van der Waals surface area (Å²) in [4.78, 5) is 14.4. The third-order valence-electron chi connectivity index (χ3n) is 4.28. The Hall–Kier alpha value is -1.41. The van der Waals surface area contributed by atoms with Gasteiger partial charge in [-0.05, 0) is 45.3 Å². The van der Waals surface area contributed by atoms with Crippen molar-refractivity contribution in [2.45, 2.75) is 13.1 Å². The Balaban J connectivity index is 1.41. The van der Waals surface area contributed by atoms with Crippen molar-refractivity contribution < 1.29 is 14.3 Å². The molecule has 7 heteroatoms. The molecule has 3 rings (SSSR count). The van der Waals surface area contributed by atoms with Crippen LogP contribution in [0, 0.1) is 0 Å². The van der Waals surface area contributed by atoms with Gasteiger partial charge in [-0.1, -0.05) is 40.2 Å². The largest absolute Gasteiger partial charge is 0.483 e. The maximum absolute atomic E-state index is 12.0. The molecule has 0 radical (unpaired) electrons. The van der Waals surface area contributed by atoms with Crippen LogP contribution in [0.15, 0.2) is 51.4 Å². The zero-order chi connectivity index (χ0) is 19.1. The number of benzene rings is 2. The van der Waals surface area contributed by atoms with Gasteiger partial charge in [-0.25, -0.2) is 0 Å². The van der Waals surface area contributed by atoms with Crippen LogP contribution in [0.3, 0.4) is 0 Å². The van der Waals surface area contributed by atoms with Gasteiger partial charge in [0.1, 0.15) is 5.75 Å². The van der Waals surface area contributed by atoms with Crippen LogP contribution in [-0.2, 0) is 22.6 Å². The van der Waals surface area contributed by atoms with Crippen LogP contribution >= 0.6 is 31.9 Å². The molecule has 0 bridgehead atoms. The second-order valence-corrected chi connectivity index (χ2v) is 8.12. The summed E-state index contributed by atoms with van der Waals surface area (Å²) in [7, 11) is 0. The van der Waals surface area contributed by atoms with Crippen molar-refractivity contribution in [2.24, 2.45) is 0 Å². The Labute approximate surface area is 176 Å². The molecule has 1 saturated heterocycles. The van der Waals surface area contributed by atoms with Gasteiger partial charge >= 0.3 is 0 Å². The molecular weight excluding hydrogens is 476 g/mol. The lowest BCUT2D eigenvalue weighted by Gasteiger charge is -2.26. The maximum atomic E-state index is 12.0. The Morgan fingerprint density at radius 1 is 1.07 bits per heavy atom. The molecule has 1 amide bonds. The van der Waals surface area contributed by atoms with E-state index in [0.717, 1.165) is 47.4 Å². The van der Waals surface area contributed by atoms with Gasteiger partial charge in [0.15, 0.2) is 6.61 Å². The summed E-state index contributed by atoms with van der Waals surface area (Å²) in [5.74, 6) is 0.489. The number of hydrogen-bond donors (Lipinski definition) is 1. The van der Waals surface area contributed by atoms with Gasteiger partial charge in [-0.2, -0.15) is 0 Å². The average molecular weight is 498 g/mol. The third-order valence-corrected chi connectivity index (χ3v) is 5.39. The monoisotopic (exact) mass is 496 g/mol. The fraction of sp³-hybridized carbons (Fsp3) is 0.350. The van der Waals surface area contributed by atoms with Gasteiger partial charge in [0.25, 0.3) is 5.91 Å². The minimum Gasteiger partial charge on any atom is -0.483 e. The number of rotatable bonds is 7. The van der Waals surface area contributed by atoms with Gasteiger partial charge in [0.05, 0.1) is 17.7 Å². The fourth-order valence-corrected chi connectivity index (χ4v) is 3.93. The molecule has 144 valence electrons. The summed E-state index contributed by atoms with van der Waals surface area (Å²) in [6.07, 6.45) is 0. The van der Waals surface area contributed by atoms with E-state index in [2.05, 4.69) is 66.3 Å². The predicted octanol–water partition coefficient (Wildman–Crippen LogP) is 3.74. The maximum Gasteiger partial charge on any atom is 0.258 e. The molecule has 2 aromatic carbocycles. The molecule has 1 N–H and O–H groups in total. The number of carbonyl (C=O) groups is 1. The Morgan fingerprint density at radius 2 is 1.78 bits per heavy atom. The lowest BCUT2D eigenvalue weighted by atomic mass is 10.1. The van der Waals surface area contributed by atoms with Crippen LogP contribution in [0.2, 0.25) is 0 Å². The number of nitrogens with zero attached hydrogens (tertiary/aromatic N) is 1. The Bertz CT molecular complexity index is 762. The number of amides is 1. The summed E-state index contributed by atoms with van der Waals surface area (Å²) in [5, 5.41) is 2.89. The number of morpholine rings is 1. The van der Waals surface area contributed by atoms with E-state index in [1.807, 2.05) is 18.2 Å². The second-order valence-electron chi connectivity index (χ2n) is 6.35. The highest BCUT2D eigenvalue weighted by atomic mass is 79.9. The standard InChI is InChI=1S/C20H22Br2N2O3/c21-17-5-6-19(18(22)11-17)27-14-20(25)23-12-15-1-3-16(4-2-15)13-24-7-9-26-10-8-24/h1-6,11H,7-10,12-14H2,(H,23,25). The topological polar surface area (TPSA) is 50.8 Å². The molecule has 5 nitrogen and oxygen atoms in total. The lowest BCUT2D eigenvalue weighted by Crippen LogP contribution is -2.35. The first-order valence-corrected chi connectivity index (χ1v) is 10.4. The molecule has 0 atom stereocenters. The summed E-state index contributed by atoms with van der Waals surface area (Å²) in [6, 6.07) is 13.9. The molecule has 1 aliphatic rings. The molecule has 1 fully saturated rings. The molecule has 0 spiro atoms. The van der Waals surface area contributed by atoms with Crippen molar-refractivity contribution in [3.63, 3.8) is 0 Å². The Kier molecular flexibility index (Phi) is 7.70. The minimum absolute atomic E-state index is 0.0185. The van der Waals surface area contributed by atoms with Gasteiger partial charge < -0.3 is 14.8 Å². The zero-order valence-corrected chi connectivity index (χ0v) is 18.1. The Morgan fingerprint density at radius 3 is 2.48 bits per heavy atom. The highest BCUT2D eigenvalue weighted by molar-refractivity contribution is 9.11. The van der Waals surface area contributed by atoms with Crippen LogP contribution in [0.1, 0.15) is 11.1 Å². The van der Waals surface area contributed by atoms with E-state index < -0.39 is 0 Å². The second kappa shape index (κ2) is 10.2. The van der Waals surface area contributed by atoms with E-state index in [-0.39, 0.29) is 12.5 Å². The van der Waals surface area contributed by atoms with Crippen molar-refractivity contribution in [3.8, 4) is 5.75 Å². The molecule has 0 unspecified atom stereocenters. The molecule has 0 aliphatic carbocycles. The van der Waals surface area contributed by atoms with Crippen molar-refractivity contribution in [1.29, 1.82) is 0 Å². The van der Waals surface area contributed by atoms with E-state index in [1.54, 1.807) is 0 Å². The summed E-state index contributed by atoms with van der Waals surface area (Å²) in [6.45, 7) is 4.98. The van der Waals surface area contributed by atoms with E-state index in [0.29, 0.717) is 12.3 Å². The highest BCUT2D eigenvalue weighted by Gasteiger charge is 2.10. The van der Waals surface area contributed by atoms with Crippen molar-refractivity contribution >= 4 is 37.8 Å². The van der Waals surface area contributed by atoms with Crippen molar-refractivity contribution in [3.05, 3.63) is 62.5 Å². The predicted molar refractivity (Wildman–Crippen MR) is 112 cm³/mol. The van der Waals surface area contributed by atoms with Crippen LogP contribution in [0.4, 0.5) is 0 Å². The first-order chi connectivity index (χ1) is 13.1. The van der Waals surface area contributed by atoms with Crippen LogP contribution < -0.4 is 10.1 Å². The molecule has 1 heterocycles. The number of hydrogen-bond acceptors (Lipinski definition) is 4. The minimum atomic E-state index is -0.151. The SMILES string of the molecule is O=C(COc1ccc(Br)cc1Br)NCc1ccc(CN2CCOCC2)cc1. The highest BCUT2D eigenvalue weighted by Crippen LogP contribution is 2.28. The normalized spacial score (nSPS) is 14.7. The van der Waals surface area contributed by atoms with Crippen LogP contribution in [0.25, 0.3) is 0 Å². The summed E-state index contributed by atoms with van der Waals surface area (Å²) in [5.41, 5.74) is 2.34. The van der Waals surface area contributed by atoms with Crippen LogP contribution in [-0.4, -0.2) is 43.7 Å². The van der Waals surface area contributed by atoms with Crippen LogP contribution in [0.5, 0.6) is 5.75 Å². The van der Waals surface area contributed by atoms with E-state index in [1.165, 1.54) is 5.56 Å². The molecule has 27 heavy (non-hydrogen) atoms. The zero-order valence-electron chi connectivity index (χ0n) is 14.9. The first-order valence-electron chi connectivity index (χ1n) is 8.82. The summed E-state index contributed by atoms with van der Waals surface area (Å²) >= 11 is 6.80. The first kappa shape index (κ1) is 20.3. The quantitative estimate of drug-likeness (QED) is 0.633. The van der Waals surface area contributed by atoms with E-state index >= 15 is 0 Å². The van der Waals surface area contributed by atoms with E-state index in [9.17, 15) is 4.79 Å². The van der Waals surface area contributed by atoms with Gasteiger partial charge in [0, 0.05) is 30.7 Å². The average Bonchev–Trinajstić information content (AvgIpc) is 2.67. The smallest absolute Gasteiger partial charge is 0.258 e. The molecule has 2 aromatic rings. The number of carbonyl (C=O) groups excluding carboxylic acids is 1. The number of ether oxygens (including phenoxy) is 2. The molecule has 0 aromatic heterocycles. The number of halogens is 2. The molecule has 1 aliphatic heterocycles. The van der Waals surface area contributed by atoms with Crippen molar-refractivity contribution in [2.75, 3.05) is 32.9 Å². The third kappa shape index (κ3) is 6.60. The lowest BCUT2D eigenvalue weighted by molar-refractivity contribution is -0.123. The number of nitrogens with one attached hydrogen (secondary N) is 1. The fourth-order valence-electron chi connectivity index (χ4n) is 2.77. The van der Waals surface area contributed by atoms with Gasteiger partial charge in [-0.15, -0.1) is 0 Å². The van der Waals surface area contributed by atoms with Gasteiger partial charge in [0.2, 0.25) is 0 Å².